The highest BCUT2D eigenvalue weighted by atomic mass is 35.5. The second kappa shape index (κ2) is 9.54. The van der Waals surface area contributed by atoms with Gasteiger partial charge in [-0.05, 0) is 29.8 Å². The lowest BCUT2D eigenvalue weighted by molar-refractivity contribution is 0.304. The Kier molecular flexibility index (Phi) is 6.70. The number of benzene rings is 1. The van der Waals surface area contributed by atoms with E-state index in [0.717, 1.165) is 41.9 Å². The molecule has 34 heavy (non-hydrogen) atoms. The molecule has 0 saturated carbocycles. The van der Waals surface area contributed by atoms with Crippen LogP contribution >= 0.6 is 24.8 Å². The van der Waals surface area contributed by atoms with E-state index in [1.54, 1.807) is 23.0 Å². The molecule has 0 bridgehead atoms. The number of fused-ring (bicyclic) bond motifs is 4. The van der Waals surface area contributed by atoms with Crippen molar-refractivity contribution in [3.63, 3.8) is 0 Å². The largest absolute Gasteiger partial charge is 0.489 e. The molecule has 1 N–H and O–H groups in total. The van der Waals surface area contributed by atoms with Crippen LogP contribution in [0.15, 0.2) is 72.0 Å². The number of halogens is 2. The van der Waals surface area contributed by atoms with Gasteiger partial charge in [-0.15, -0.1) is 24.8 Å². The van der Waals surface area contributed by atoms with Crippen LogP contribution in [0.25, 0.3) is 22.2 Å². The Bertz CT molecular complexity index is 1540. The number of rotatable bonds is 4. The van der Waals surface area contributed by atoms with Gasteiger partial charge in [0.05, 0.1) is 11.2 Å². The van der Waals surface area contributed by atoms with Gasteiger partial charge in [0.15, 0.2) is 0 Å². The molecule has 1 aliphatic heterocycles. The summed E-state index contributed by atoms with van der Waals surface area (Å²) >= 11 is 0. The molecule has 176 valence electrons. The lowest BCUT2D eigenvalue weighted by atomic mass is 10.1. The third-order valence-electron chi connectivity index (χ3n) is 6.29. The zero-order chi connectivity index (χ0) is 21.7. The number of imidazole rings is 1. The van der Waals surface area contributed by atoms with Crippen LogP contribution in [-0.4, -0.2) is 25.1 Å². The molecule has 0 atom stereocenters. The summed E-state index contributed by atoms with van der Waals surface area (Å²) in [6.07, 6.45) is 8.45. The molecule has 0 fully saturated rings. The molecule has 1 aromatic carbocycles. The third-order valence-corrected chi connectivity index (χ3v) is 6.29. The first-order valence-corrected chi connectivity index (χ1v) is 10.8. The van der Waals surface area contributed by atoms with Crippen molar-refractivity contribution in [2.24, 2.45) is 7.05 Å². The maximum Gasteiger partial charge on any atom is 0.258 e. The normalized spacial score (nSPS) is 12.7. The number of ether oxygens (including phenoxy) is 1. The fraction of sp³-hybridized carbons (Fsp3) is 0.200. The summed E-state index contributed by atoms with van der Waals surface area (Å²) in [6.45, 7) is 2.28. The average molecular weight is 498 g/mol. The van der Waals surface area contributed by atoms with E-state index in [-0.39, 0.29) is 30.4 Å². The first-order chi connectivity index (χ1) is 15.7. The molecular formula is C25H25Cl2N5O2. The monoisotopic (exact) mass is 497 g/mol. The standard InChI is InChI=1S/C25H23N5O2.2ClH/c1-28-22-6-8-26-14-21(22)20-4-3-18(12-23(20)28)30-10-7-19(13-25(30)31)32-16-17-2-5-24-27-9-11-29(24)15-17;;/h2-5,7,9-13,15,26H,6,8,14,16H2,1H3;2*1H. The van der Waals surface area contributed by atoms with Crippen molar-refractivity contribution in [2.75, 3.05) is 6.54 Å². The van der Waals surface area contributed by atoms with Gasteiger partial charge in [-0.2, -0.15) is 0 Å². The van der Waals surface area contributed by atoms with E-state index in [4.69, 9.17) is 4.74 Å². The molecular weight excluding hydrogens is 473 g/mol. The maximum atomic E-state index is 12.9. The van der Waals surface area contributed by atoms with Gasteiger partial charge in [-0.25, -0.2) is 4.98 Å². The zero-order valence-corrected chi connectivity index (χ0v) is 20.2. The van der Waals surface area contributed by atoms with Crippen LogP contribution in [0.3, 0.4) is 0 Å². The van der Waals surface area contributed by atoms with Gasteiger partial charge in [0.2, 0.25) is 0 Å². The Hall–Kier alpha value is -3.26. The maximum absolute atomic E-state index is 12.9. The number of aryl methyl sites for hydroxylation is 1. The van der Waals surface area contributed by atoms with Crippen molar-refractivity contribution in [3.05, 3.63) is 94.4 Å². The van der Waals surface area contributed by atoms with Gasteiger partial charge in [-0.3, -0.25) is 9.36 Å². The molecule has 0 aliphatic carbocycles. The molecule has 5 aromatic rings. The number of hydrogen-bond acceptors (Lipinski definition) is 4. The molecule has 6 rings (SSSR count). The minimum absolute atomic E-state index is 0. The van der Waals surface area contributed by atoms with Gasteiger partial charge in [0.1, 0.15) is 18.0 Å². The van der Waals surface area contributed by atoms with Gasteiger partial charge in [0.25, 0.3) is 5.56 Å². The van der Waals surface area contributed by atoms with Crippen molar-refractivity contribution in [1.29, 1.82) is 0 Å². The van der Waals surface area contributed by atoms with E-state index >= 15 is 0 Å². The van der Waals surface area contributed by atoms with Gasteiger partial charge in [-0.1, -0.05) is 12.1 Å². The third kappa shape index (κ3) is 4.07. The van der Waals surface area contributed by atoms with Gasteiger partial charge < -0.3 is 19.0 Å². The van der Waals surface area contributed by atoms with E-state index in [0.29, 0.717) is 12.4 Å². The summed E-state index contributed by atoms with van der Waals surface area (Å²) in [7, 11) is 2.11. The number of pyridine rings is 2. The first-order valence-electron chi connectivity index (χ1n) is 10.8. The Morgan fingerprint density at radius 2 is 1.97 bits per heavy atom. The molecule has 0 saturated heterocycles. The molecule has 4 aromatic heterocycles. The predicted molar refractivity (Wildman–Crippen MR) is 138 cm³/mol. The van der Waals surface area contributed by atoms with Crippen LogP contribution in [-0.2, 0) is 26.6 Å². The van der Waals surface area contributed by atoms with Crippen molar-refractivity contribution in [1.82, 2.24) is 23.8 Å². The molecule has 0 unspecified atom stereocenters. The van der Waals surface area contributed by atoms with Gasteiger partial charge >= 0.3 is 0 Å². The molecule has 0 amide bonds. The van der Waals surface area contributed by atoms with Crippen molar-refractivity contribution in [3.8, 4) is 11.4 Å². The summed E-state index contributed by atoms with van der Waals surface area (Å²) in [5.41, 5.74) is 6.53. The summed E-state index contributed by atoms with van der Waals surface area (Å²) in [4.78, 5) is 17.1. The highest BCUT2D eigenvalue weighted by molar-refractivity contribution is 5.87. The van der Waals surface area contributed by atoms with Crippen LogP contribution in [0.2, 0.25) is 0 Å². The smallest absolute Gasteiger partial charge is 0.258 e. The van der Waals surface area contributed by atoms with E-state index in [2.05, 4.69) is 34.0 Å². The summed E-state index contributed by atoms with van der Waals surface area (Å²) in [5.74, 6) is 0.554. The SMILES string of the molecule is Cl.Cl.Cn1c2c(c3ccc(-n4ccc(OCc5ccc6nccn6c5)cc4=O)cc31)CNCC2. The fourth-order valence-electron chi connectivity index (χ4n) is 4.62. The molecule has 0 spiro atoms. The second-order valence-electron chi connectivity index (χ2n) is 8.20. The Labute approximate surface area is 208 Å². The summed E-state index contributed by atoms with van der Waals surface area (Å²) < 4.78 is 11.7. The number of nitrogens with one attached hydrogen (secondary N) is 1. The van der Waals surface area contributed by atoms with E-state index in [1.165, 1.54) is 16.6 Å². The fourth-order valence-corrected chi connectivity index (χ4v) is 4.62. The van der Waals surface area contributed by atoms with Crippen LogP contribution in [0.4, 0.5) is 0 Å². The Morgan fingerprint density at radius 3 is 2.82 bits per heavy atom. The quantitative estimate of drug-likeness (QED) is 0.406. The van der Waals surface area contributed by atoms with E-state index in [1.807, 2.05) is 41.1 Å². The average Bonchev–Trinajstić information content (AvgIpc) is 3.40. The van der Waals surface area contributed by atoms with Crippen LogP contribution in [0.5, 0.6) is 5.75 Å². The number of aromatic nitrogens is 4. The van der Waals surface area contributed by atoms with Crippen LogP contribution in [0, 0.1) is 0 Å². The van der Waals surface area contributed by atoms with E-state index in [9.17, 15) is 4.79 Å². The topological polar surface area (TPSA) is 65.5 Å². The first kappa shape index (κ1) is 23.9. The molecule has 0 radical (unpaired) electrons. The highest BCUT2D eigenvalue weighted by Gasteiger charge is 2.18. The van der Waals surface area contributed by atoms with Crippen molar-refractivity contribution < 1.29 is 4.74 Å². The number of hydrogen-bond donors (Lipinski definition) is 1. The van der Waals surface area contributed by atoms with Crippen LogP contribution < -0.4 is 15.6 Å². The Balaban J connectivity index is 0.00000137. The lowest BCUT2D eigenvalue weighted by Gasteiger charge is -2.14. The van der Waals surface area contributed by atoms with Crippen molar-refractivity contribution in [2.45, 2.75) is 19.6 Å². The summed E-state index contributed by atoms with van der Waals surface area (Å²) in [5, 5.41) is 4.70. The van der Waals surface area contributed by atoms with Gasteiger partial charge in [0, 0.05) is 74.1 Å². The van der Waals surface area contributed by atoms with Crippen LogP contribution in [0.1, 0.15) is 16.8 Å². The number of nitrogens with zero attached hydrogens (tertiary/aromatic N) is 4. The Morgan fingerprint density at radius 1 is 1.09 bits per heavy atom. The minimum atomic E-state index is -0.118. The minimum Gasteiger partial charge on any atom is -0.489 e. The highest BCUT2D eigenvalue weighted by Crippen LogP contribution is 2.29. The second-order valence-corrected chi connectivity index (χ2v) is 8.20. The molecule has 9 heteroatoms. The molecule has 1 aliphatic rings. The molecule has 5 heterocycles. The zero-order valence-electron chi connectivity index (χ0n) is 18.6. The predicted octanol–water partition coefficient (Wildman–Crippen LogP) is 4.05. The van der Waals surface area contributed by atoms with Crippen molar-refractivity contribution >= 4 is 41.4 Å². The van der Waals surface area contributed by atoms with E-state index < -0.39 is 0 Å². The molecule has 7 nitrogen and oxygen atoms in total. The summed E-state index contributed by atoms with van der Waals surface area (Å²) in [6, 6.07) is 13.5. The lowest BCUT2D eigenvalue weighted by Crippen LogP contribution is -2.24.